The predicted molar refractivity (Wildman–Crippen MR) is 98.0 cm³/mol. The van der Waals surface area contributed by atoms with Crippen molar-refractivity contribution in [2.45, 2.75) is 37.3 Å². The smallest absolute Gasteiger partial charge is 0.390 e. The lowest BCUT2D eigenvalue weighted by molar-refractivity contribution is -0.394. The third-order valence-corrected chi connectivity index (χ3v) is 6.36. The molecule has 0 fully saturated rings. The van der Waals surface area contributed by atoms with E-state index in [1.165, 1.54) is 12.1 Å². The van der Waals surface area contributed by atoms with E-state index in [2.05, 4.69) is 34.4 Å². The van der Waals surface area contributed by atoms with Gasteiger partial charge < -0.3 is 14.9 Å². The molecular weight excluding hydrogens is 378 g/mol. The van der Waals surface area contributed by atoms with Crippen LogP contribution in [0.25, 0.3) is 0 Å². The highest BCUT2D eigenvalue weighted by Gasteiger charge is 2.26. The minimum atomic E-state index is -3.95. The summed E-state index contributed by atoms with van der Waals surface area (Å²) in [6.07, 6.45) is 0. The average Bonchev–Trinajstić information content (AvgIpc) is 2.94. The summed E-state index contributed by atoms with van der Waals surface area (Å²) in [6, 6.07) is 8.53. The van der Waals surface area contributed by atoms with Crippen molar-refractivity contribution in [1.82, 2.24) is 14.8 Å². The Morgan fingerprint density at radius 1 is 1.27 bits per heavy atom. The maximum atomic E-state index is 12.4. The van der Waals surface area contributed by atoms with E-state index in [9.17, 15) is 18.5 Å². The first-order valence-corrected chi connectivity index (χ1v) is 13.0. The molecule has 1 aromatic heterocycles. The fourth-order valence-electron chi connectivity index (χ4n) is 1.88. The molecule has 0 saturated carbocycles. The van der Waals surface area contributed by atoms with Crippen molar-refractivity contribution in [1.29, 1.82) is 0 Å². The number of ether oxygens (including phenoxy) is 1. The van der Waals surface area contributed by atoms with E-state index in [0.29, 0.717) is 6.61 Å². The van der Waals surface area contributed by atoms with Gasteiger partial charge in [0.15, 0.2) is 6.73 Å². The molecule has 0 radical (unpaired) electrons. The molecule has 1 aromatic carbocycles. The van der Waals surface area contributed by atoms with Gasteiger partial charge >= 0.3 is 11.9 Å². The van der Waals surface area contributed by atoms with Crippen molar-refractivity contribution in [3.63, 3.8) is 0 Å². The topological polar surface area (TPSA) is 129 Å². The van der Waals surface area contributed by atoms with Crippen LogP contribution in [0, 0.1) is 10.1 Å². The molecule has 10 nitrogen and oxygen atoms in total. The molecule has 0 aliphatic carbocycles. The van der Waals surface area contributed by atoms with Crippen LogP contribution in [0.1, 0.15) is 0 Å². The fourth-order valence-corrected chi connectivity index (χ4v) is 3.66. The van der Waals surface area contributed by atoms with Gasteiger partial charge in [-0.2, -0.15) is 0 Å². The number of rotatable bonds is 9. The molecule has 1 heterocycles. The van der Waals surface area contributed by atoms with Crippen LogP contribution < -0.4 is 4.72 Å². The quantitative estimate of drug-likeness (QED) is 0.296. The first-order chi connectivity index (χ1) is 12.1. The van der Waals surface area contributed by atoms with Crippen LogP contribution in [0.15, 0.2) is 35.2 Å². The monoisotopic (exact) mass is 399 g/mol. The Hall–Kier alpha value is -2.31. The third-order valence-electron chi connectivity index (χ3n) is 3.31. The van der Waals surface area contributed by atoms with Crippen molar-refractivity contribution in [3.05, 3.63) is 40.4 Å². The van der Waals surface area contributed by atoms with E-state index in [1.54, 1.807) is 18.2 Å². The summed E-state index contributed by atoms with van der Waals surface area (Å²) in [5.74, 6) is -0.974. The second kappa shape index (κ2) is 7.93. The molecule has 0 aliphatic heterocycles. The van der Waals surface area contributed by atoms with Gasteiger partial charge in [-0.05, 0) is 28.1 Å². The Morgan fingerprint density at radius 3 is 2.50 bits per heavy atom. The maximum Gasteiger partial charge on any atom is 0.493 e. The molecule has 0 spiro atoms. The molecule has 12 heteroatoms. The van der Waals surface area contributed by atoms with Crippen molar-refractivity contribution in [2.24, 2.45) is 0 Å². The molecule has 142 valence electrons. The van der Waals surface area contributed by atoms with Crippen LogP contribution in [-0.2, 0) is 21.5 Å². The molecule has 0 bridgehead atoms. The molecule has 2 aromatic rings. The highest BCUT2D eigenvalue weighted by Crippen LogP contribution is 2.17. The lowest BCUT2D eigenvalue weighted by Gasteiger charge is -2.15. The molecule has 0 atom stereocenters. The van der Waals surface area contributed by atoms with Gasteiger partial charge in [-0.1, -0.05) is 37.8 Å². The zero-order valence-corrected chi connectivity index (χ0v) is 16.6. The van der Waals surface area contributed by atoms with Crippen LogP contribution in [0.3, 0.4) is 0 Å². The SMILES string of the molecule is C[Si](C)(C)CCOCn1nc([N+](=O)[O-])nc1NS(=O)(=O)c1ccccc1. The van der Waals surface area contributed by atoms with Crippen LogP contribution in [0.2, 0.25) is 25.7 Å². The molecule has 0 aliphatic rings. The van der Waals surface area contributed by atoms with Crippen molar-refractivity contribution in [3.8, 4) is 0 Å². The van der Waals surface area contributed by atoms with Gasteiger partial charge in [0, 0.05) is 19.8 Å². The van der Waals surface area contributed by atoms with E-state index >= 15 is 0 Å². The highest BCUT2D eigenvalue weighted by molar-refractivity contribution is 7.92. The van der Waals surface area contributed by atoms with Crippen molar-refractivity contribution >= 4 is 30.0 Å². The second-order valence-electron chi connectivity index (χ2n) is 6.76. The Balaban J connectivity index is 2.17. The predicted octanol–water partition coefficient (Wildman–Crippen LogP) is 2.30. The molecule has 0 amide bonds. The van der Waals surface area contributed by atoms with Gasteiger partial charge in [0.1, 0.15) is 0 Å². The number of aromatic nitrogens is 3. The van der Waals surface area contributed by atoms with Crippen LogP contribution in [0.4, 0.5) is 11.9 Å². The summed E-state index contributed by atoms with van der Waals surface area (Å²) in [6.45, 7) is 6.88. The van der Waals surface area contributed by atoms with E-state index in [-0.39, 0.29) is 17.6 Å². The average molecular weight is 400 g/mol. The van der Waals surface area contributed by atoms with E-state index < -0.39 is 29.0 Å². The summed E-state index contributed by atoms with van der Waals surface area (Å²) in [7, 11) is -5.24. The summed E-state index contributed by atoms with van der Waals surface area (Å²) >= 11 is 0. The Bertz CT molecular complexity index is 864. The highest BCUT2D eigenvalue weighted by atomic mass is 32.2. The van der Waals surface area contributed by atoms with Crippen LogP contribution in [0.5, 0.6) is 0 Å². The number of anilines is 1. The van der Waals surface area contributed by atoms with Gasteiger partial charge in [-0.3, -0.25) is 0 Å². The van der Waals surface area contributed by atoms with Gasteiger partial charge in [0.05, 0.1) is 4.90 Å². The number of hydrogen-bond donors (Lipinski definition) is 1. The third kappa shape index (κ3) is 5.61. The molecule has 2 rings (SSSR count). The number of sulfonamides is 1. The zero-order valence-electron chi connectivity index (χ0n) is 14.7. The van der Waals surface area contributed by atoms with E-state index in [4.69, 9.17) is 4.74 Å². The second-order valence-corrected chi connectivity index (χ2v) is 14.1. The Labute approximate surface area is 152 Å². The number of nitrogens with one attached hydrogen (secondary N) is 1. The number of hydrogen-bond acceptors (Lipinski definition) is 7. The first kappa shape index (κ1) is 20.0. The summed E-state index contributed by atoms with van der Waals surface area (Å²) in [5, 5.41) is 14.6. The van der Waals surface area contributed by atoms with Crippen LogP contribution in [-0.4, -0.2) is 42.8 Å². The van der Waals surface area contributed by atoms with Gasteiger partial charge in [0.2, 0.25) is 0 Å². The molecule has 0 saturated heterocycles. The van der Waals surface area contributed by atoms with Crippen LogP contribution >= 0.6 is 0 Å². The van der Waals surface area contributed by atoms with E-state index in [0.717, 1.165) is 10.7 Å². The van der Waals surface area contributed by atoms with Crippen molar-refractivity contribution < 1.29 is 18.1 Å². The number of benzene rings is 1. The maximum absolute atomic E-state index is 12.4. The van der Waals surface area contributed by atoms with E-state index in [1.807, 2.05) is 0 Å². The zero-order chi connectivity index (χ0) is 19.4. The fraction of sp³-hybridized carbons (Fsp3) is 0.429. The lowest BCUT2D eigenvalue weighted by atomic mass is 10.4. The molecular formula is C14H21N5O5SSi. The molecule has 1 N–H and O–H groups in total. The number of nitro groups is 1. The largest absolute Gasteiger partial charge is 0.493 e. The van der Waals surface area contributed by atoms with Crippen molar-refractivity contribution in [2.75, 3.05) is 11.3 Å². The van der Waals surface area contributed by atoms with Gasteiger partial charge in [-0.15, -0.1) is 4.68 Å². The molecule has 0 unspecified atom stereocenters. The minimum absolute atomic E-state index is 0.0110. The summed E-state index contributed by atoms with van der Waals surface area (Å²) < 4.78 is 33.5. The first-order valence-electron chi connectivity index (χ1n) is 7.83. The lowest BCUT2D eigenvalue weighted by Crippen LogP contribution is -2.22. The Morgan fingerprint density at radius 2 is 1.92 bits per heavy atom. The Kier molecular flexibility index (Phi) is 6.10. The molecule has 26 heavy (non-hydrogen) atoms. The summed E-state index contributed by atoms with van der Waals surface area (Å²) in [4.78, 5) is 13.8. The standard InChI is InChI=1S/C14H21N5O5SSi/c1-26(2,3)10-9-24-11-18-14(15-13(16-18)19(20)21)17-25(22,23)12-7-5-4-6-8-12/h4-8H,9-11H2,1-3H3,(H,15,16,17). The van der Waals surface area contributed by atoms with Gasteiger partial charge in [-0.25, -0.2) is 13.1 Å². The summed E-state index contributed by atoms with van der Waals surface area (Å²) in [5.41, 5.74) is 0. The number of nitrogens with zero attached hydrogens (tertiary/aromatic N) is 4. The normalized spacial score (nSPS) is 12.1. The minimum Gasteiger partial charge on any atom is -0.390 e. The van der Waals surface area contributed by atoms with Gasteiger partial charge in [0.25, 0.3) is 10.0 Å².